The normalized spacial score (nSPS) is 10.7. The van der Waals surface area contributed by atoms with Crippen molar-refractivity contribution in [3.05, 3.63) is 89.4 Å². The lowest BCUT2D eigenvalue weighted by molar-refractivity contribution is -0.133. The molecule has 0 aliphatic rings. The number of nitrogens with one attached hydrogen (secondary N) is 1. The van der Waals surface area contributed by atoms with Crippen LogP contribution in [0.4, 0.5) is 10.5 Å². The van der Waals surface area contributed by atoms with Gasteiger partial charge in [-0.05, 0) is 61.7 Å². The molecule has 0 bridgehead atoms. The molecule has 0 saturated carbocycles. The van der Waals surface area contributed by atoms with Gasteiger partial charge in [0, 0.05) is 18.8 Å². The van der Waals surface area contributed by atoms with Crippen LogP contribution in [0.15, 0.2) is 71.1 Å². The fourth-order valence-corrected chi connectivity index (χ4v) is 3.82. The summed E-state index contributed by atoms with van der Waals surface area (Å²) in [5.41, 5.74) is 1.91. The Morgan fingerprint density at radius 3 is 2.22 bits per heavy atom. The van der Waals surface area contributed by atoms with Crippen molar-refractivity contribution >= 4 is 23.6 Å². The zero-order valence-corrected chi connectivity index (χ0v) is 21.9. The van der Waals surface area contributed by atoms with Gasteiger partial charge in [-0.2, -0.15) is 0 Å². The number of carbonyl (C=O) groups excluding carboxylic acids is 3. The Kier molecular flexibility index (Phi) is 9.89. The molecule has 1 N–H and O–H groups in total. The summed E-state index contributed by atoms with van der Waals surface area (Å²) < 4.78 is 10.7. The van der Waals surface area contributed by atoms with E-state index in [1.54, 1.807) is 36.1 Å². The largest absolute Gasteiger partial charge is 0.464 e. The molecule has 3 aromatic rings. The van der Waals surface area contributed by atoms with Crippen LogP contribution in [0.1, 0.15) is 48.2 Å². The van der Waals surface area contributed by atoms with Gasteiger partial charge in [0.1, 0.15) is 18.1 Å². The molecule has 37 heavy (non-hydrogen) atoms. The second-order valence-electron chi connectivity index (χ2n) is 9.25. The predicted octanol–water partition coefficient (Wildman–Crippen LogP) is 5.48. The summed E-state index contributed by atoms with van der Waals surface area (Å²) in [6.07, 6.45) is 0. The summed E-state index contributed by atoms with van der Waals surface area (Å²) in [5, 5.41) is 2.84. The lowest BCUT2D eigenvalue weighted by atomic mass is 10.2. The Bertz CT molecular complexity index is 1170. The molecule has 1 aromatic heterocycles. The number of rotatable bonds is 11. The molecule has 1 heterocycles. The van der Waals surface area contributed by atoms with Gasteiger partial charge in [0.25, 0.3) is 0 Å². The molecule has 0 atom stereocenters. The fourth-order valence-electron chi connectivity index (χ4n) is 3.82. The molecule has 196 valence electrons. The average molecular weight is 506 g/mol. The van der Waals surface area contributed by atoms with E-state index >= 15 is 0 Å². The lowest BCUT2D eigenvalue weighted by Gasteiger charge is -2.28. The molecule has 0 aliphatic carbocycles. The smallest absolute Gasteiger partial charge is 0.338 e. The highest BCUT2D eigenvalue weighted by Gasteiger charge is 2.23. The third-order valence-corrected chi connectivity index (χ3v) is 5.56. The molecule has 0 fully saturated rings. The third-order valence-electron chi connectivity index (χ3n) is 5.56. The van der Waals surface area contributed by atoms with Crippen LogP contribution in [-0.4, -0.2) is 47.4 Å². The first-order chi connectivity index (χ1) is 17.7. The number of ether oxygens (including phenoxy) is 1. The topological polar surface area (TPSA) is 92.1 Å². The quantitative estimate of drug-likeness (QED) is 0.348. The van der Waals surface area contributed by atoms with Crippen molar-refractivity contribution in [2.45, 2.75) is 40.8 Å². The molecule has 3 rings (SSSR count). The number of carbonyl (C=O) groups is 3. The summed E-state index contributed by atoms with van der Waals surface area (Å²) >= 11 is 0. The van der Waals surface area contributed by atoms with Gasteiger partial charge in [-0.15, -0.1) is 0 Å². The summed E-state index contributed by atoms with van der Waals surface area (Å²) in [4.78, 5) is 41.8. The highest BCUT2D eigenvalue weighted by molar-refractivity contribution is 5.94. The van der Waals surface area contributed by atoms with E-state index in [0.29, 0.717) is 36.6 Å². The molecular formula is C29H35N3O5. The van der Waals surface area contributed by atoms with Crippen molar-refractivity contribution < 1.29 is 23.5 Å². The predicted molar refractivity (Wildman–Crippen MR) is 142 cm³/mol. The molecule has 2 aromatic carbocycles. The Morgan fingerprint density at radius 2 is 1.62 bits per heavy atom. The van der Waals surface area contributed by atoms with Gasteiger partial charge in [-0.1, -0.05) is 44.2 Å². The molecule has 8 nitrogen and oxygen atoms in total. The van der Waals surface area contributed by atoms with Crippen molar-refractivity contribution in [3.63, 3.8) is 0 Å². The molecule has 0 spiro atoms. The molecule has 0 unspecified atom stereocenters. The van der Waals surface area contributed by atoms with Crippen LogP contribution in [0.3, 0.4) is 0 Å². The minimum Gasteiger partial charge on any atom is -0.464 e. The first-order valence-electron chi connectivity index (χ1n) is 12.4. The summed E-state index contributed by atoms with van der Waals surface area (Å²) in [7, 11) is 0. The van der Waals surface area contributed by atoms with Crippen LogP contribution in [-0.2, 0) is 22.6 Å². The fraction of sp³-hybridized carbons (Fsp3) is 0.345. The maximum atomic E-state index is 13.5. The van der Waals surface area contributed by atoms with Crippen LogP contribution in [0, 0.1) is 12.8 Å². The van der Waals surface area contributed by atoms with Crippen molar-refractivity contribution in [1.82, 2.24) is 9.80 Å². The summed E-state index contributed by atoms with van der Waals surface area (Å²) in [5.74, 6) is 1.00. The lowest BCUT2D eigenvalue weighted by Crippen LogP contribution is -2.45. The van der Waals surface area contributed by atoms with Crippen LogP contribution < -0.4 is 5.32 Å². The number of hydrogen-bond donors (Lipinski definition) is 1. The Hall–Kier alpha value is -4.07. The van der Waals surface area contributed by atoms with Gasteiger partial charge in [-0.25, -0.2) is 9.59 Å². The van der Waals surface area contributed by atoms with E-state index in [9.17, 15) is 14.4 Å². The summed E-state index contributed by atoms with van der Waals surface area (Å²) in [6, 6.07) is 19.5. The van der Waals surface area contributed by atoms with Gasteiger partial charge >= 0.3 is 12.0 Å². The van der Waals surface area contributed by atoms with Crippen LogP contribution >= 0.6 is 0 Å². The van der Waals surface area contributed by atoms with E-state index in [4.69, 9.17) is 9.15 Å². The monoisotopic (exact) mass is 505 g/mol. The van der Waals surface area contributed by atoms with Gasteiger partial charge in [0.05, 0.1) is 18.7 Å². The van der Waals surface area contributed by atoms with Crippen molar-refractivity contribution in [2.75, 3.05) is 25.0 Å². The number of hydrogen-bond acceptors (Lipinski definition) is 5. The average Bonchev–Trinajstić information content (AvgIpc) is 3.28. The SMILES string of the molecule is CCOC(=O)c1ccc(NC(=O)N(CC(=O)N(Cc2ccccc2)Cc2ccc(C)o2)CC(C)C)cc1. The van der Waals surface area contributed by atoms with E-state index in [1.807, 2.05) is 63.2 Å². The van der Waals surface area contributed by atoms with Gasteiger partial charge in [0.15, 0.2) is 0 Å². The first-order valence-corrected chi connectivity index (χ1v) is 12.4. The zero-order chi connectivity index (χ0) is 26.8. The minimum absolute atomic E-state index is 0.0859. The number of nitrogens with zero attached hydrogens (tertiary/aromatic N) is 2. The number of furan rings is 1. The number of urea groups is 1. The third kappa shape index (κ3) is 8.52. The Morgan fingerprint density at radius 1 is 0.919 bits per heavy atom. The highest BCUT2D eigenvalue weighted by Crippen LogP contribution is 2.16. The van der Waals surface area contributed by atoms with Gasteiger partial charge in [-0.3, -0.25) is 4.79 Å². The number of anilines is 1. The van der Waals surface area contributed by atoms with E-state index in [-0.39, 0.29) is 31.0 Å². The number of benzene rings is 2. The summed E-state index contributed by atoms with van der Waals surface area (Å²) in [6.45, 7) is 8.89. The maximum absolute atomic E-state index is 13.5. The van der Waals surface area contributed by atoms with Gasteiger partial charge in [0.2, 0.25) is 5.91 Å². The standard InChI is InChI=1S/C29H35N3O5/c1-5-36-28(34)24-12-14-25(15-13-24)30-29(35)32(17-21(2)3)20-27(33)31(18-23-9-7-6-8-10-23)19-26-16-11-22(4)37-26/h6-16,21H,5,17-20H2,1-4H3,(H,30,35). The van der Waals surface area contributed by atoms with E-state index in [1.165, 1.54) is 4.90 Å². The van der Waals surface area contributed by atoms with Crippen molar-refractivity contribution in [3.8, 4) is 0 Å². The molecule has 8 heteroatoms. The van der Waals surface area contributed by atoms with Crippen LogP contribution in [0.2, 0.25) is 0 Å². The van der Waals surface area contributed by atoms with Crippen LogP contribution in [0.5, 0.6) is 0 Å². The molecule has 0 saturated heterocycles. The van der Waals surface area contributed by atoms with Crippen molar-refractivity contribution in [2.24, 2.45) is 5.92 Å². The molecular weight excluding hydrogens is 470 g/mol. The highest BCUT2D eigenvalue weighted by atomic mass is 16.5. The molecule has 0 aliphatic heterocycles. The van der Waals surface area contributed by atoms with E-state index in [0.717, 1.165) is 11.3 Å². The first kappa shape index (κ1) is 27.5. The van der Waals surface area contributed by atoms with Crippen molar-refractivity contribution in [1.29, 1.82) is 0 Å². The van der Waals surface area contributed by atoms with Gasteiger partial charge < -0.3 is 24.3 Å². The van der Waals surface area contributed by atoms with E-state index < -0.39 is 5.97 Å². The van der Waals surface area contributed by atoms with Crippen LogP contribution in [0.25, 0.3) is 0 Å². The second kappa shape index (κ2) is 13.3. The molecule has 0 radical (unpaired) electrons. The molecule has 3 amide bonds. The number of amides is 3. The number of esters is 1. The minimum atomic E-state index is -0.419. The second-order valence-corrected chi connectivity index (χ2v) is 9.25. The maximum Gasteiger partial charge on any atom is 0.338 e. The zero-order valence-electron chi connectivity index (χ0n) is 21.9. The Balaban J connectivity index is 1.73. The Labute approximate surface area is 218 Å². The van der Waals surface area contributed by atoms with E-state index in [2.05, 4.69) is 5.32 Å². The number of aryl methyl sites for hydroxylation is 1.